The molecule has 1 aliphatic carbocycles. The summed E-state index contributed by atoms with van der Waals surface area (Å²) in [6.45, 7) is 7.06. The van der Waals surface area contributed by atoms with Crippen molar-refractivity contribution < 1.29 is 24.2 Å². The van der Waals surface area contributed by atoms with E-state index in [0.717, 1.165) is 25.9 Å². The zero-order valence-electron chi connectivity index (χ0n) is 14.8. The molecule has 0 amide bonds. The summed E-state index contributed by atoms with van der Waals surface area (Å²) in [6, 6.07) is -0.0915. The van der Waals surface area contributed by atoms with Gasteiger partial charge < -0.3 is 14.6 Å². The van der Waals surface area contributed by atoms with Gasteiger partial charge in [0.2, 0.25) is 0 Å². The fourth-order valence-electron chi connectivity index (χ4n) is 3.69. The summed E-state index contributed by atoms with van der Waals surface area (Å²) in [5.74, 6) is -0.359. The minimum atomic E-state index is -0.781. The highest BCUT2D eigenvalue weighted by Gasteiger charge is 2.45. The van der Waals surface area contributed by atoms with Crippen molar-refractivity contribution in [2.45, 2.75) is 44.2 Å². The van der Waals surface area contributed by atoms with Crippen molar-refractivity contribution in [1.82, 2.24) is 4.90 Å². The third-order valence-corrected chi connectivity index (χ3v) is 4.84. The molecule has 1 saturated heterocycles. The Bertz CT molecular complexity index is 484. The van der Waals surface area contributed by atoms with E-state index in [2.05, 4.69) is 11.5 Å². The van der Waals surface area contributed by atoms with Crippen LogP contribution in [0.15, 0.2) is 24.8 Å². The number of carboxylic acids is 1. The first-order valence-corrected chi connectivity index (χ1v) is 9.07. The summed E-state index contributed by atoms with van der Waals surface area (Å²) >= 11 is 0. The molecular weight excluding hydrogens is 322 g/mol. The molecule has 1 N–H and O–H groups in total. The molecule has 25 heavy (non-hydrogen) atoms. The maximum Gasteiger partial charge on any atom is 0.303 e. The summed E-state index contributed by atoms with van der Waals surface area (Å²) < 4.78 is 11.3. The molecule has 0 aromatic heterocycles. The molecule has 0 aromatic rings. The fraction of sp³-hybridized carbons (Fsp3) is 0.684. The first-order chi connectivity index (χ1) is 12.1. The number of carboxylic acid groups (broad SMARTS) is 1. The smallest absolute Gasteiger partial charge is 0.303 e. The number of carbonyl (C=O) groups excluding carboxylic acids is 1. The molecule has 140 valence electrons. The first kappa shape index (κ1) is 19.8. The van der Waals surface area contributed by atoms with Crippen molar-refractivity contribution in [2.24, 2.45) is 5.92 Å². The van der Waals surface area contributed by atoms with Gasteiger partial charge in [0, 0.05) is 31.8 Å². The Labute approximate surface area is 149 Å². The van der Waals surface area contributed by atoms with Crippen molar-refractivity contribution >= 4 is 11.8 Å². The van der Waals surface area contributed by atoms with Gasteiger partial charge in [-0.05, 0) is 19.3 Å². The van der Waals surface area contributed by atoms with E-state index in [1.165, 1.54) is 0 Å². The lowest BCUT2D eigenvalue weighted by Crippen LogP contribution is -2.49. The molecule has 2 aliphatic rings. The largest absolute Gasteiger partial charge is 0.481 e. The number of morpholine rings is 1. The van der Waals surface area contributed by atoms with Crippen LogP contribution in [0.5, 0.6) is 0 Å². The highest BCUT2D eigenvalue weighted by atomic mass is 16.5. The van der Waals surface area contributed by atoms with Gasteiger partial charge in [-0.25, -0.2) is 0 Å². The fourth-order valence-corrected chi connectivity index (χ4v) is 3.69. The quantitative estimate of drug-likeness (QED) is 0.607. The SMILES string of the molecule is C=CCO[C@@H]1CC(=O)[C@@H](N2CCOCC2)[C@@H]1CC/C=C\CCC(=O)O. The summed E-state index contributed by atoms with van der Waals surface area (Å²) in [7, 11) is 0. The molecule has 0 aromatic carbocycles. The number of ketones is 1. The number of rotatable bonds is 10. The molecule has 0 bridgehead atoms. The number of nitrogens with zero attached hydrogens (tertiary/aromatic N) is 1. The van der Waals surface area contributed by atoms with E-state index in [1.807, 2.05) is 12.2 Å². The standard InChI is InChI=1S/C19H29NO5/c1-2-11-25-17-14-16(21)19(20-9-12-24-13-10-20)15(17)7-5-3-4-6-8-18(22)23/h2-4,15,17,19H,1,5-14H2,(H,22,23)/b4-3-/t15-,17-,19+/m1/s1. The van der Waals surface area contributed by atoms with E-state index < -0.39 is 5.97 Å². The van der Waals surface area contributed by atoms with Gasteiger partial charge in [0.25, 0.3) is 0 Å². The van der Waals surface area contributed by atoms with Crippen LogP contribution in [0.2, 0.25) is 0 Å². The third-order valence-electron chi connectivity index (χ3n) is 4.84. The van der Waals surface area contributed by atoms with Crippen LogP contribution in [0.25, 0.3) is 0 Å². The van der Waals surface area contributed by atoms with Crippen molar-refractivity contribution in [3.8, 4) is 0 Å². The maximum atomic E-state index is 12.6. The number of Topliss-reactive ketones (excluding diaryl/α,β-unsaturated/α-hetero) is 1. The molecule has 3 atom stereocenters. The second kappa shape index (κ2) is 10.5. The summed E-state index contributed by atoms with van der Waals surface area (Å²) in [5, 5.41) is 8.66. The normalized spacial score (nSPS) is 27.8. The molecular formula is C19H29NO5. The molecule has 6 heteroatoms. The average molecular weight is 351 g/mol. The lowest BCUT2D eigenvalue weighted by molar-refractivity contribution is -0.136. The van der Waals surface area contributed by atoms with E-state index in [9.17, 15) is 9.59 Å². The van der Waals surface area contributed by atoms with Crippen molar-refractivity contribution in [2.75, 3.05) is 32.9 Å². The van der Waals surface area contributed by atoms with Crippen LogP contribution in [0.1, 0.15) is 32.1 Å². The van der Waals surface area contributed by atoms with Crippen molar-refractivity contribution in [3.05, 3.63) is 24.8 Å². The van der Waals surface area contributed by atoms with Gasteiger partial charge in [0.15, 0.2) is 5.78 Å². The number of ether oxygens (including phenoxy) is 2. The predicted octanol–water partition coefficient (Wildman–Crippen LogP) is 2.05. The van der Waals surface area contributed by atoms with Crippen LogP contribution in [0.4, 0.5) is 0 Å². The van der Waals surface area contributed by atoms with Crippen molar-refractivity contribution in [3.63, 3.8) is 0 Å². The van der Waals surface area contributed by atoms with E-state index >= 15 is 0 Å². The highest BCUT2D eigenvalue weighted by Crippen LogP contribution is 2.34. The number of carbonyl (C=O) groups is 2. The Morgan fingerprint density at radius 1 is 1.32 bits per heavy atom. The van der Waals surface area contributed by atoms with Gasteiger partial charge in [0.05, 0.1) is 32.0 Å². The first-order valence-electron chi connectivity index (χ1n) is 9.07. The minimum Gasteiger partial charge on any atom is -0.481 e. The van der Waals surface area contributed by atoms with Crippen LogP contribution in [-0.2, 0) is 19.1 Å². The van der Waals surface area contributed by atoms with E-state index in [-0.39, 0.29) is 30.3 Å². The van der Waals surface area contributed by atoms with Crippen molar-refractivity contribution in [1.29, 1.82) is 0 Å². The molecule has 2 rings (SSSR count). The van der Waals surface area contributed by atoms with E-state index in [0.29, 0.717) is 32.7 Å². The molecule has 0 unspecified atom stereocenters. The Kier molecular flexibility index (Phi) is 8.31. The van der Waals surface area contributed by atoms with Gasteiger partial charge in [0.1, 0.15) is 0 Å². The van der Waals surface area contributed by atoms with Crippen LogP contribution in [0, 0.1) is 5.92 Å². The van der Waals surface area contributed by atoms with E-state index in [1.54, 1.807) is 6.08 Å². The Hall–Kier alpha value is -1.50. The number of hydrogen-bond donors (Lipinski definition) is 1. The lowest BCUT2D eigenvalue weighted by atomic mass is 9.93. The Balaban J connectivity index is 1.94. The Morgan fingerprint density at radius 2 is 2.04 bits per heavy atom. The number of aliphatic carboxylic acids is 1. The van der Waals surface area contributed by atoms with Crippen LogP contribution >= 0.6 is 0 Å². The molecule has 2 fully saturated rings. The van der Waals surface area contributed by atoms with Crippen LogP contribution in [0.3, 0.4) is 0 Å². The molecule has 6 nitrogen and oxygen atoms in total. The monoisotopic (exact) mass is 351 g/mol. The average Bonchev–Trinajstić information content (AvgIpc) is 2.92. The predicted molar refractivity (Wildman–Crippen MR) is 94.5 cm³/mol. The maximum absolute atomic E-state index is 12.6. The van der Waals surface area contributed by atoms with Gasteiger partial charge >= 0.3 is 5.97 Å². The zero-order chi connectivity index (χ0) is 18.1. The zero-order valence-corrected chi connectivity index (χ0v) is 14.8. The van der Waals surface area contributed by atoms with Crippen LogP contribution in [-0.4, -0.2) is 66.8 Å². The molecule has 1 saturated carbocycles. The molecule has 1 heterocycles. The summed E-state index contributed by atoms with van der Waals surface area (Å²) in [6.07, 6.45) is 8.43. The second-order valence-corrected chi connectivity index (χ2v) is 6.57. The highest BCUT2D eigenvalue weighted by molar-refractivity contribution is 5.87. The summed E-state index contributed by atoms with van der Waals surface area (Å²) in [5.41, 5.74) is 0. The Morgan fingerprint density at radius 3 is 2.72 bits per heavy atom. The topological polar surface area (TPSA) is 76.1 Å². The van der Waals surface area contributed by atoms with Gasteiger partial charge in [-0.1, -0.05) is 18.2 Å². The van der Waals surface area contributed by atoms with Crippen LogP contribution < -0.4 is 0 Å². The van der Waals surface area contributed by atoms with Gasteiger partial charge in [-0.15, -0.1) is 6.58 Å². The minimum absolute atomic E-state index is 0.0641. The molecule has 1 aliphatic heterocycles. The summed E-state index contributed by atoms with van der Waals surface area (Å²) in [4.78, 5) is 25.4. The number of allylic oxidation sites excluding steroid dienone is 2. The molecule has 0 radical (unpaired) electrons. The van der Waals surface area contributed by atoms with E-state index in [4.69, 9.17) is 14.6 Å². The van der Waals surface area contributed by atoms with Gasteiger partial charge in [-0.3, -0.25) is 14.5 Å². The second-order valence-electron chi connectivity index (χ2n) is 6.57. The lowest BCUT2D eigenvalue weighted by Gasteiger charge is -2.35. The third kappa shape index (κ3) is 6.06. The number of hydrogen-bond acceptors (Lipinski definition) is 5. The van der Waals surface area contributed by atoms with Gasteiger partial charge in [-0.2, -0.15) is 0 Å². The molecule has 0 spiro atoms.